The molecule has 0 aliphatic carbocycles. The molecule has 2 aromatic carbocycles. The van der Waals surface area contributed by atoms with Gasteiger partial charge in [-0.3, -0.25) is 19.2 Å². The van der Waals surface area contributed by atoms with Gasteiger partial charge in [0.1, 0.15) is 36.8 Å². The van der Waals surface area contributed by atoms with Crippen LogP contribution in [0.1, 0.15) is 42.5 Å². The van der Waals surface area contributed by atoms with Crippen LogP contribution in [-0.4, -0.2) is 139 Å². The van der Waals surface area contributed by atoms with Crippen LogP contribution in [0.2, 0.25) is 5.02 Å². The van der Waals surface area contributed by atoms with E-state index in [0.717, 1.165) is 0 Å². The van der Waals surface area contributed by atoms with E-state index >= 15 is 0 Å². The maximum Gasteiger partial charge on any atom is 0.364 e. The standard InChI is InChI=1S/C35H47ClN4O14/c1-2-12-51-15-16-52-14-11-38-28-27(30(46)31(28)47)37-10-5-3-4-6-13-53-35(34(49)50)18-23(42)26(40-25(44)20-41)32(54-35)29(45)24(43)19-39-33(48)21-8-7-9-22(36)17-21/h1,7-9,17,23-24,26,29,32,37-38,41-43,45H,3-6,10-16,18-20H2,(H,39,48)(H,40,44)(H,49,50)/t23-,24+,26+,29+,32+,35+/m0/s1. The van der Waals surface area contributed by atoms with Gasteiger partial charge in [0.15, 0.2) is 0 Å². The molecule has 0 spiro atoms. The van der Waals surface area contributed by atoms with E-state index in [9.17, 15) is 49.5 Å². The summed E-state index contributed by atoms with van der Waals surface area (Å²) in [5.74, 6) is -3.41. The Hall–Kier alpha value is -4.16. The summed E-state index contributed by atoms with van der Waals surface area (Å²) in [6.45, 7) is 0.102. The molecule has 0 unspecified atom stereocenters. The predicted octanol–water partition coefficient (Wildman–Crippen LogP) is -1.44. The summed E-state index contributed by atoms with van der Waals surface area (Å²) in [6, 6.07) is 4.46. The van der Waals surface area contributed by atoms with E-state index in [1.807, 2.05) is 0 Å². The molecule has 54 heavy (non-hydrogen) atoms. The van der Waals surface area contributed by atoms with Crippen LogP contribution >= 0.6 is 11.6 Å². The van der Waals surface area contributed by atoms with E-state index in [1.54, 1.807) is 6.07 Å². The van der Waals surface area contributed by atoms with Crippen molar-refractivity contribution in [2.24, 2.45) is 0 Å². The summed E-state index contributed by atoms with van der Waals surface area (Å²) in [4.78, 5) is 61.1. The molecule has 0 radical (unpaired) electrons. The van der Waals surface area contributed by atoms with Crippen LogP contribution in [0.4, 0.5) is 11.4 Å². The number of aliphatic carboxylic acids is 1. The van der Waals surface area contributed by atoms with Gasteiger partial charge in [0.05, 0.1) is 44.7 Å². The van der Waals surface area contributed by atoms with E-state index in [1.165, 1.54) is 18.2 Å². The van der Waals surface area contributed by atoms with Crippen molar-refractivity contribution in [3.8, 4) is 12.3 Å². The van der Waals surface area contributed by atoms with Crippen LogP contribution < -0.4 is 32.1 Å². The topological polar surface area (TPSA) is 272 Å². The lowest BCUT2D eigenvalue weighted by molar-refractivity contribution is -0.310. The third-order valence-corrected chi connectivity index (χ3v) is 8.62. The second-order valence-electron chi connectivity index (χ2n) is 12.3. The Morgan fingerprint density at radius 3 is 2.35 bits per heavy atom. The molecular formula is C35H47ClN4O14. The number of aliphatic hydroxyl groups excluding tert-OH is 4. The number of anilines is 2. The molecule has 1 aliphatic heterocycles. The number of nitrogens with one attached hydrogen (secondary N) is 4. The summed E-state index contributed by atoms with van der Waals surface area (Å²) < 4.78 is 21.8. The number of terminal acetylenes is 1. The van der Waals surface area contributed by atoms with Crippen LogP contribution in [-0.2, 0) is 28.5 Å². The lowest BCUT2D eigenvalue weighted by atomic mass is 9.88. The average Bonchev–Trinajstić information content (AvgIpc) is 3.16. The van der Waals surface area contributed by atoms with Crippen LogP contribution in [0.15, 0.2) is 33.9 Å². The highest BCUT2D eigenvalue weighted by Crippen LogP contribution is 2.34. The highest BCUT2D eigenvalue weighted by Gasteiger charge is 2.55. The van der Waals surface area contributed by atoms with Crippen molar-refractivity contribution in [2.75, 3.05) is 69.9 Å². The van der Waals surface area contributed by atoms with E-state index in [4.69, 9.17) is 37.0 Å². The number of carbonyl (C=O) groups is 3. The SMILES string of the molecule is C#CCOCCOCCNc1c(NCCCCCCO[C@]2(C(=O)O)C[C@H](O)[C@@H](NC(=O)CO)[C@H]([C@H](O)[C@H](O)CNC(=O)c3cccc(Cl)c3)O2)c(=O)c1=O. The molecule has 3 rings (SSSR count). The monoisotopic (exact) mass is 782 g/mol. The second kappa shape index (κ2) is 22.3. The molecule has 19 heteroatoms. The summed E-state index contributed by atoms with van der Waals surface area (Å²) in [5.41, 5.74) is -0.708. The van der Waals surface area contributed by atoms with Gasteiger partial charge in [0.25, 0.3) is 22.6 Å². The Bertz CT molecular complexity index is 1650. The van der Waals surface area contributed by atoms with Gasteiger partial charge < -0.3 is 65.7 Å². The maximum absolute atomic E-state index is 12.5. The summed E-state index contributed by atoms with van der Waals surface area (Å²) in [6.07, 6.45) is -0.695. The fourth-order valence-electron chi connectivity index (χ4n) is 5.57. The van der Waals surface area contributed by atoms with Gasteiger partial charge in [0, 0.05) is 36.6 Å². The molecule has 298 valence electrons. The van der Waals surface area contributed by atoms with E-state index in [-0.39, 0.29) is 41.8 Å². The number of carboxylic acid groups (broad SMARTS) is 1. The molecule has 1 heterocycles. The summed E-state index contributed by atoms with van der Waals surface area (Å²) in [5, 5.41) is 63.0. The number of rotatable bonds is 25. The van der Waals surface area contributed by atoms with Gasteiger partial charge >= 0.3 is 5.97 Å². The number of benzene rings is 1. The first-order valence-electron chi connectivity index (χ1n) is 17.3. The molecular weight excluding hydrogens is 736 g/mol. The zero-order valence-electron chi connectivity index (χ0n) is 29.5. The van der Waals surface area contributed by atoms with E-state index in [2.05, 4.69) is 27.2 Å². The lowest BCUT2D eigenvalue weighted by Crippen LogP contribution is -2.68. The smallest absolute Gasteiger partial charge is 0.364 e. The van der Waals surface area contributed by atoms with Gasteiger partial charge in [-0.1, -0.05) is 36.4 Å². The number of unbranched alkanes of at least 4 members (excludes halogenated alkanes) is 3. The summed E-state index contributed by atoms with van der Waals surface area (Å²) >= 11 is 5.92. The minimum atomic E-state index is -2.50. The van der Waals surface area contributed by atoms with Crippen molar-refractivity contribution in [1.29, 1.82) is 0 Å². The van der Waals surface area contributed by atoms with Crippen LogP contribution in [0.25, 0.3) is 0 Å². The number of amides is 2. The van der Waals surface area contributed by atoms with Crippen molar-refractivity contribution >= 4 is 40.8 Å². The number of hydrogen-bond acceptors (Lipinski definition) is 15. The molecule has 0 saturated carbocycles. The molecule has 1 aliphatic rings. The van der Waals surface area contributed by atoms with Crippen molar-refractivity contribution in [2.45, 2.75) is 68.3 Å². The molecule has 2 amide bonds. The zero-order valence-corrected chi connectivity index (χ0v) is 30.2. The van der Waals surface area contributed by atoms with E-state index < -0.39 is 84.5 Å². The van der Waals surface area contributed by atoms with Crippen molar-refractivity contribution in [3.05, 3.63) is 55.3 Å². The predicted molar refractivity (Wildman–Crippen MR) is 194 cm³/mol. The van der Waals surface area contributed by atoms with Gasteiger partial charge in [-0.15, -0.1) is 6.42 Å². The molecule has 2 aromatic rings. The largest absolute Gasteiger partial charge is 0.477 e. The Morgan fingerprint density at radius 2 is 1.69 bits per heavy atom. The van der Waals surface area contributed by atoms with Crippen molar-refractivity contribution in [1.82, 2.24) is 10.6 Å². The van der Waals surface area contributed by atoms with Crippen LogP contribution in [0.3, 0.4) is 0 Å². The second-order valence-corrected chi connectivity index (χ2v) is 12.8. The molecule has 9 N–H and O–H groups in total. The van der Waals surface area contributed by atoms with E-state index in [0.29, 0.717) is 52.0 Å². The van der Waals surface area contributed by atoms with Gasteiger partial charge in [-0.05, 0) is 31.0 Å². The number of halogens is 1. The molecule has 1 fully saturated rings. The third-order valence-electron chi connectivity index (χ3n) is 8.38. The Morgan fingerprint density at radius 1 is 1.00 bits per heavy atom. The first-order chi connectivity index (χ1) is 25.8. The minimum Gasteiger partial charge on any atom is -0.477 e. The normalized spacial score (nSPS) is 20.8. The molecule has 0 aromatic heterocycles. The molecule has 1 saturated heterocycles. The quantitative estimate of drug-likeness (QED) is 0.0317. The van der Waals surface area contributed by atoms with Gasteiger partial charge in [-0.25, -0.2) is 4.79 Å². The third kappa shape index (κ3) is 12.7. The van der Waals surface area contributed by atoms with Crippen LogP contribution in [0, 0.1) is 12.3 Å². The lowest BCUT2D eigenvalue weighted by Gasteiger charge is -2.46. The molecule has 0 bridgehead atoms. The fourth-order valence-corrected chi connectivity index (χ4v) is 5.77. The minimum absolute atomic E-state index is 0.161. The van der Waals surface area contributed by atoms with Crippen LogP contribution in [0.5, 0.6) is 0 Å². The summed E-state index contributed by atoms with van der Waals surface area (Å²) in [7, 11) is 0. The molecule has 6 atom stereocenters. The number of aliphatic hydroxyl groups is 4. The van der Waals surface area contributed by atoms with Gasteiger partial charge in [-0.2, -0.15) is 0 Å². The molecule has 18 nitrogen and oxygen atoms in total. The number of carbonyl (C=O) groups excluding carboxylic acids is 2. The Labute approximate surface area is 315 Å². The number of ether oxygens (including phenoxy) is 4. The maximum atomic E-state index is 12.5. The Balaban J connectivity index is 1.49. The Kier molecular flexibility index (Phi) is 18.2. The fraction of sp³-hybridized carbons (Fsp3) is 0.571. The number of carboxylic acids is 1. The average molecular weight is 783 g/mol. The highest BCUT2D eigenvalue weighted by atomic mass is 35.5. The number of hydrogen-bond donors (Lipinski definition) is 9. The first kappa shape index (κ1) is 44.2. The van der Waals surface area contributed by atoms with Crippen molar-refractivity contribution < 1.29 is 58.9 Å². The van der Waals surface area contributed by atoms with Crippen molar-refractivity contribution in [3.63, 3.8) is 0 Å². The first-order valence-corrected chi connectivity index (χ1v) is 17.7. The highest BCUT2D eigenvalue weighted by molar-refractivity contribution is 6.30. The van der Waals surface area contributed by atoms with Gasteiger partial charge in [0.2, 0.25) is 5.91 Å². The zero-order chi connectivity index (χ0) is 39.7.